The van der Waals surface area contributed by atoms with Crippen LogP contribution in [0.15, 0.2) is 43.5 Å². The smallest absolute Gasteiger partial charge is 0.397 e. The number of nitrogens with zero attached hydrogens (tertiary/aromatic N) is 1. The van der Waals surface area contributed by atoms with Crippen LogP contribution in [-0.4, -0.2) is 13.1 Å². The summed E-state index contributed by atoms with van der Waals surface area (Å²) < 4.78 is 37.5. The maximum Gasteiger partial charge on any atom is 0.416 e. The molecule has 0 fully saturated rings. The topological polar surface area (TPSA) is 29.3 Å². The first-order chi connectivity index (χ1) is 8.40. The molecular weight excluding hydrogens is 241 g/mol. The average molecular weight is 256 g/mol. The van der Waals surface area contributed by atoms with Crippen molar-refractivity contribution in [3.8, 4) is 0 Å². The van der Waals surface area contributed by atoms with E-state index < -0.39 is 11.7 Å². The molecule has 2 N–H and O–H groups in total. The fourth-order valence-electron chi connectivity index (χ4n) is 1.60. The predicted octanol–water partition coefficient (Wildman–Crippen LogP) is 3.47. The Morgan fingerprint density at radius 3 is 2.11 bits per heavy atom. The zero-order valence-corrected chi connectivity index (χ0v) is 9.87. The van der Waals surface area contributed by atoms with Gasteiger partial charge in [-0.2, -0.15) is 13.2 Å². The number of hydrogen-bond donors (Lipinski definition) is 1. The average Bonchev–Trinajstić information content (AvgIpc) is 2.27. The molecule has 0 saturated carbocycles. The number of rotatable bonds is 5. The summed E-state index contributed by atoms with van der Waals surface area (Å²) in [5.74, 6) is 0. The number of nitrogens with two attached hydrogens (primary N) is 1. The molecule has 0 atom stereocenters. The number of nitrogen functional groups attached to an aromatic ring is 1. The van der Waals surface area contributed by atoms with Gasteiger partial charge >= 0.3 is 6.18 Å². The normalized spacial score (nSPS) is 11.1. The van der Waals surface area contributed by atoms with E-state index in [0.717, 1.165) is 12.1 Å². The molecule has 1 rings (SSSR count). The standard InChI is InChI=1S/C13H15F3N2/c1-3-7-18(8-4-2)12-6-5-10(9-11(12)17)13(14,15)16/h3-6,9H,1-2,7-8,17H2. The highest BCUT2D eigenvalue weighted by Crippen LogP contribution is 2.34. The van der Waals surface area contributed by atoms with Gasteiger partial charge in [0.25, 0.3) is 0 Å². The van der Waals surface area contributed by atoms with Crippen molar-refractivity contribution in [1.29, 1.82) is 0 Å². The molecule has 0 amide bonds. The highest BCUT2D eigenvalue weighted by atomic mass is 19.4. The van der Waals surface area contributed by atoms with Gasteiger partial charge in [0.15, 0.2) is 0 Å². The largest absolute Gasteiger partial charge is 0.416 e. The summed E-state index contributed by atoms with van der Waals surface area (Å²) in [6, 6.07) is 3.32. The SMILES string of the molecule is C=CCN(CC=C)c1ccc(C(F)(F)F)cc1N. The van der Waals surface area contributed by atoms with Crippen LogP contribution in [0.25, 0.3) is 0 Å². The van der Waals surface area contributed by atoms with Crippen LogP contribution in [0.4, 0.5) is 24.5 Å². The van der Waals surface area contributed by atoms with E-state index in [1.54, 1.807) is 17.1 Å². The molecular formula is C13H15F3N2. The molecule has 0 unspecified atom stereocenters. The first-order valence-corrected chi connectivity index (χ1v) is 5.33. The highest BCUT2D eigenvalue weighted by molar-refractivity contribution is 5.69. The van der Waals surface area contributed by atoms with Gasteiger partial charge in [0.05, 0.1) is 16.9 Å². The Hall–Kier alpha value is -1.91. The van der Waals surface area contributed by atoms with E-state index in [1.807, 2.05) is 0 Å². The van der Waals surface area contributed by atoms with E-state index in [9.17, 15) is 13.2 Å². The lowest BCUT2D eigenvalue weighted by atomic mass is 10.1. The molecule has 98 valence electrons. The van der Waals surface area contributed by atoms with Crippen molar-refractivity contribution in [2.75, 3.05) is 23.7 Å². The number of alkyl halides is 3. The first kappa shape index (κ1) is 14.2. The summed E-state index contributed by atoms with van der Waals surface area (Å²) >= 11 is 0. The fourth-order valence-corrected chi connectivity index (χ4v) is 1.60. The Kier molecular flexibility index (Phi) is 4.42. The van der Waals surface area contributed by atoms with Gasteiger partial charge < -0.3 is 10.6 Å². The summed E-state index contributed by atoms with van der Waals surface area (Å²) in [7, 11) is 0. The maximum atomic E-state index is 12.5. The van der Waals surface area contributed by atoms with Gasteiger partial charge in [-0.05, 0) is 18.2 Å². The van der Waals surface area contributed by atoms with Crippen LogP contribution in [0, 0.1) is 0 Å². The van der Waals surface area contributed by atoms with E-state index in [0.29, 0.717) is 18.8 Å². The lowest BCUT2D eigenvalue weighted by Crippen LogP contribution is -2.24. The summed E-state index contributed by atoms with van der Waals surface area (Å²) in [5.41, 5.74) is 5.56. The van der Waals surface area contributed by atoms with Gasteiger partial charge in [0.2, 0.25) is 0 Å². The third kappa shape index (κ3) is 3.29. The van der Waals surface area contributed by atoms with Gasteiger partial charge in [-0.15, -0.1) is 13.2 Å². The minimum atomic E-state index is -4.38. The molecule has 5 heteroatoms. The van der Waals surface area contributed by atoms with Crippen LogP contribution in [0.5, 0.6) is 0 Å². The lowest BCUT2D eigenvalue weighted by Gasteiger charge is -2.24. The minimum Gasteiger partial charge on any atom is -0.397 e. The summed E-state index contributed by atoms with van der Waals surface area (Å²) in [4.78, 5) is 1.79. The number of halogens is 3. The number of hydrogen-bond acceptors (Lipinski definition) is 2. The van der Waals surface area contributed by atoms with Crippen molar-refractivity contribution < 1.29 is 13.2 Å². The van der Waals surface area contributed by atoms with Gasteiger partial charge in [0, 0.05) is 13.1 Å². The Balaban J connectivity index is 3.10. The molecule has 0 aliphatic carbocycles. The van der Waals surface area contributed by atoms with Crippen LogP contribution < -0.4 is 10.6 Å². The zero-order chi connectivity index (χ0) is 13.8. The van der Waals surface area contributed by atoms with E-state index in [4.69, 9.17) is 5.73 Å². The summed E-state index contributed by atoms with van der Waals surface area (Å²) in [5, 5.41) is 0. The van der Waals surface area contributed by atoms with Crippen LogP contribution in [0.3, 0.4) is 0 Å². The molecule has 18 heavy (non-hydrogen) atoms. The third-order valence-corrected chi connectivity index (χ3v) is 2.39. The van der Waals surface area contributed by atoms with Gasteiger partial charge in [-0.1, -0.05) is 12.2 Å². The van der Waals surface area contributed by atoms with E-state index in [1.165, 1.54) is 6.07 Å². The molecule has 0 bridgehead atoms. The van der Waals surface area contributed by atoms with E-state index in [2.05, 4.69) is 13.2 Å². The number of benzene rings is 1. The molecule has 0 aliphatic rings. The second-order valence-electron chi connectivity index (χ2n) is 3.75. The summed E-state index contributed by atoms with van der Waals surface area (Å²) in [6.07, 6.45) is -1.07. The minimum absolute atomic E-state index is 0.0912. The molecule has 0 spiro atoms. The fraction of sp³-hybridized carbons (Fsp3) is 0.231. The van der Waals surface area contributed by atoms with Crippen molar-refractivity contribution in [1.82, 2.24) is 0 Å². The lowest BCUT2D eigenvalue weighted by molar-refractivity contribution is -0.137. The summed E-state index contributed by atoms with van der Waals surface area (Å²) in [6.45, 7) is 8.17. The zero-order valence-electron chi connectivity index (χ0n) is 9.87. The van der Waals surface area contributed by atoms with Gasteiger partial charge in [0.1, 0.15) is 0 Å². The molecule has 1 aromatic carbocycles. The molecule has 0 aromatic heterocycles. The van der Waals surface area contributed by atoms with E-state index in [-0.39, 0.29) is 5.69 Å². The third-order valence-electron chi connectivity index (χ3n) is 2.39. The van der Waals surface area contributed by atoms with Crippen LogP contribution in [0.2, 0.25) is 0 Å². The van der Waals surface area contributed by atoms with Crippen molar-refractivity contribution in [2.45, 2.75) is 6.18 Å². The monoisotopic (exact) mass is 256 g/mol. The van der Waals surface area contributed by atoms with Gasteiger partial charge in [-0.3, -0.25) is 0 Å². The second-order valence-corrected chi connectivity index (χ2v) is 3.75. The van der Waals surface area contributed by atoms with Crippen molar-refractivity contribution >= 4 is 11.4 Å². The quantitative estimate of drug-likeness (QED) is 0.645. The predicted molar refractivity (Wildman–Crippen MR) is 68.5 cm³/mol. The number of anilines is 2. The Morgan fingerprint density at radius 2 is 1.72 bits per heavy atom. The molecule has 0 radical (unpaired) electrons. The van der Waals surface area contributed by atoms with Crippen molar-refractivity contribution in [2.24, 2.45) is 0 Å². The van der Waals surface area contributed by atoms with Crippen LogP contribution in [0.1, 0.15) is 5.56 Å². The van der Waals surface area contributed by atoms with Crippen molar-refractivity contribution in [3.05, 3.63) is 49.1 Å². The maximum absolute atomic E-state index is 12.5. The van der Waals surface area contributed by atoms with Crippen LogP contribution in [-0.2, 0) is 6.18 Å². The molecule has 2 nitrogen and oxygen atoms in total. The van der Waals surface area contributed by atoms with Gasteiger partial charge in [-0.25, -0.2) is 0 Å². The Bertz CT molecular complexity index is 428. The van der Waals surface area contributed by atoms with E-state index >= 15 is 0 Å². The molecule has 1 aromatic rings. The first-order valence-electron chi connectivity index (χ1n) is 5.33. The Morgan fingerprint density at radius 1 is 1.17 bits per heavy atom. The molecule has 0 saturated heterocycles. The van der Waals surface area contributed by atoms with Crippen LogP contribution >= 0.6 is 0 Å². The molecule has 0 aliphatic heterocycles. The van der Waals surface area contributed by atoms with Crippen molar-refractivity contribution in [3.63, 3.8) is 0 Å². The molecule has 0 heterocycles. The second kappa shape index (κ2) is 5.62. The Labute approximate surface area is 104 Å². The highest BCUT2D eigenvalue weighted by Gasteiger charge is 2.31.